The molecule has 0 unspecified atom stereocenters. The summed E-state index contributed by atoms with van der Waals surface area (Å²) >= 11 is 6.25. The van der Waals surface area contributed by atoms with Crippen LogP contribution in [0, 0.1) is 0 Å². The number of hydrogen-bond donors (Lipinski definition) is 2. The van der Waals surface area contributed by atoms with E-state index in [4.69, 9.17) is 21.4 Å². The summed E-state index contributed by atoms with van der Waals surface area (Å²) in [5, 5.41) is 12.9. The van der Waals surface area contributed by atoms with Gasteiger partial charge in [0.1, 0.15) is 12.4 Å². The molecule has 7 heteroatoms. The molecule has 0 saturated carbocycles. The molecule has 0 aliphatic carbocycles. The Balaban J connectivity index is 1.49. The van der Waals surface area contributed by atoms with E-state index in [1.165, 1.54) is 17.3 Å². The van der Waals surface area contributed by atoms with E-state index in [0.717, 1.165) is 37.6 Å². The zero-order valence-electron chi connectivity index (χ0n) is 13.4. The highest BCUT2D eigenvalue weighted by Crippen LogP contribution is 2.25. The van der Waals surface area contributed by atoms with Crippen LogP contribution in [0.5, 0.6) is 5.88 Å². The summed E-state index contributed by atoms with van der Waals surface area (Å²) in [5.41, 5.74) is 2.59. The minimum Gasteiger partial charge on any atom is -0.474 e. The predicted octanol–water partition coefficient (Wildman–Crippen LogP) is 1.97. The van der Waals surface area contributed by atoms with Gasteiger partial charge in [0, 0.05) is 31.2 Å². The van der Waals surface area contributed by atoms with Crippen molar-refractivity contribution in [2.75, 3.05) is 38.2 Å². The van der Waals surface area contributed by atoms with Crippen LogP contribution >= 0.6 is 11.6 Å². The molecule has 0 bridgehead atoms. The highest BCUT2D eigenvalue weighted by atomic mass is 35.5. The molecule has 1 aliphatic rings. The summed E-state index contributed by atoms with van der Waals surface area (Å²) in [6.45, 7) is 3.78. The van der Waals surface area contributed by atoms with Crippen LogP contribution in [0.1, 0.15) is 11.1 Å². The maximum atomic E-state index is 8.77. The van der Waals surface area contributed by atoms with E-state index >= 15 is 0 Å². The molecular weight excluding hydrogens is 328 g/mol. The van der Waals surface area contributed by atoms with Crippen LogP contribution in [0.25, 0.3) is 0 Å². The van der Waals surface area contributed by atoms with Crippen molar-refractivity contribution in [3.63, 3.8) is 0 Å². The van der Waals surface area contributed by atoms with Crippen LogP contribution in [0.4, 0.5) is 5.82 Å². The number of aromatic nitrogens is 2. The molecule has 0 radical (unpaired) electrons. The van der Waals surface area contributed by atoms with Crippen molar-refractivity contribution < 1.29 is 9.84 Å². The van der Waals surface area contributed by atoms with Gasteiger partial charge in [0.2, 0.25) is 5.88 Å². The summed E-state index contributed by atoms with van der Waals surface area (Å²) in [4.78, 5) is 10.8. The third kappa shape index (κ3) is 4.35. The van der Waals surface area contributed by atoms with Crippen LogP contribution in [0.2, 0.25) is 5.02 Å². The third-order valence-corrected chi connectivity index (χ3v) is 4.33. The number of halogens is 1. The van der Waals surface area contributed by atoms with Gasteiger partial charge in [-0.15, -0.1) is 0 Å². The third-order valence-electron chi connectivity index (χ3n) is 3.98. The molecule has 24 heavy (non-hydrogen) atoms. The lowest BCUT2D eigenvalue weighted by Crippen LogP contribution is -2.34. The fraction of sp³-hybridized carbons (Fsp3) is 0.412. The first kappa shape index (κ1) is 17.0. The van der Waals surface area contributed by atoms with Gasteiger partial charge in [0.15, 0.2) is 0 Å². The van der Waals surface area contributed by atoms with Crippen molar-refractivity contribution in [1.82, 2.24) is 14.9 Å². The average molecular weight is 349 g/mol. The number of aliphatic hydroxyl groups is 1. The normalized spacial score (nSPS) is 14.2. The van der Waals surface area contributed by atoms with Gasteiger partial charge >= 0.3 is 0 Å². The molecule has 2 aromatic rings. The van der Waals surface area contributed by atoms with Gasteiger partial charge in [-0.3, -0.25) is 9.88 Å². The summed E-state index contributed by atoms with van der Waals surface area (Å²) in [7, 11) is 0. The van der Waals surface area contributed by atoms with Crippen LogP contribution in [0.15, 0.2) is 30.6 Å². The number of aliphatic hydroxyl groups excluding tert-OH is 1. The summed E-state index contributed by atoms with van der Waals surface area (Å²) in [5.74, 6) is 1.08. The Morgan fingerprint density at radius 1 is 1.33 bits per heavy atom. The zero-order chi connectivity index (χ0) is 16.8. The fourth-order valence-corrected chi connectivity index (χ4v) is 3.10. The maximum Gasteiger partial charge on any atom is 0.234 e. The first-order chi connectivity index (χ1) is 11.8. The molecule has 6 nitrogen and oxygen atoms in total. The Labute approximate surface area is 146 Å². The highest BCUT2D eigenvalue weighted by Gasteiger charge is 2.17. The molecule has 2 N–H and O–H groups in total. The van der Waals surface area contributed by atoms with E-state index in [1.807, 2.05) is 12.1 Å². The van der Waals surface area contributed by atoms with Crippen molar-refractivity contribution >= 4 is 17.4 Å². The average Bonchev–Trinajstić information content (AvgIpc) is 2.60. The molecule has 2 heterocycles. The summed E-state index contributed by atoms with van der Waals surface area (Å²) in [6, 6.07) is 6.12. The van der Waals surface area contributed by atoms with Crippen molar-refractivity contribution in [3.8, 4) is 5.88 Å². The minimum atomic E-state index is -0.0419. The molecule has 0 atom stereocenters. The second-order valence-corrected chi connectivity index (χ2v) is 6.05. The molecule has 1 aromatic heterocycles. The molecular formula is C17H21ClN4O2. The van der Waals surface area contributed by atoms with Gasteiger partial charge < -0.3 is 15.2 Å². The lowest BCUT2D eigenvalue weighted by Gasteiger charge is -2.29. The van der Waals surface area contributed by atoms with Crippen molar-refractivity contribution in [3.05, 3.63) is 46.7 Å². The van der Waals surface area contributed by atoms with E-state index in [0.29, 0.717) is 11.7 Å². The Morgan fingerprint density at radius 2 is 2.25 bits per heavy atom. The molecule has 3 rings (SSSR count). The van der Waals surface area contributed by atoms with E-state index in [1.54, 1.807) is 6.20 Å². The lowest BCUT2D eigenvalue weighted by atomic mass is 10.00. The van der Waals surface area contributed by atoms with Crippen molar-refractivity contribution in [1.29, 1.82) is 0 Å². The SMILES string of the molecule is OCCOc1cncc(NCCN2CCc3c(Cl)cccc3C2)n1. The Kier molecular flexibility index (Phi) is 5.85. The first-order valence-electron chi connectivity index (χ1n) is 8.04. The van der Waals surface area contributed by atoms with Crippen LogP contribution in [-0.2, 0) is 13.0 Å². The molecule has 128 valence electrons. The number of ether oxygens (including phenoxy) is 1. The van der Waals surface area contributed by atoms with Gasteiger partial charge in [-0.05, 0) is 23.6 Å². The number of rotatable bonds is 7. The topological polar surface area (TPSA) is 70.5 Å². The lowest BCUT2D eigenvalue weighted by molar-refractivity contribution is 0.196. The van der Waals surface area contributed by atoms with Crippen LogP contribution in [-0.4, -0.2) is 52.8 Å². The molecule has 1 aromatic carbocycles. The maximum absolute atomic E-state index is 8.77. The van der Waals surface area contributed by atoms with E-state index < -0.39 is 0 Å². The second-order valence-electron chi connectivity index (χ2n) is 5.65. The molecule has 1 aliphatic heterocycles. The first-order valence-corrected chi connectivity index (χ1v) is 8.42. The molecule has 0 saturated heterocycles. The minimum absolute atomic E-state index is 0.0419. The smallest absolute Gasteiger partial charge is 0.234 e. The second kappa shape index (κ2) is 8.28. The van der Waals surface area contributed by atoms with Gasteiger partial charge in [0.25, 0.3) is 0 Å². The number of nitrogens with one attached hydrogen (secondary N) is 1. The number of fused-ring (bicyclic) bond motifs is 1. The Morgan fingerprint density at radius 3 is 3.12 bits per heavy atom. The van der Waals surface area contributed by atoms with Crippen molar-refractivity contribution in [2.45, 2.75) is 13.0 Å². The monoisotopic (exact) mass is 348 g/mol. The zero-order valence-corrected chi connectivity index (χ0v) is 14.2. The number of benzene rings is 1. The van der Waals surface area contributed by atoms with Crippen LogP contribution in [0.3, 0.4) is 0 Å². The number of hydrogen-bond acceptors (Lipinski definition) is 6. The molecule has 0 amide bonds. The Bertz CT molecular complexity index is 683. The number of nitrogens with zero attached hydrogens (tertiary/aromatic N) is 3. The number of anilines is 1. The Hall–Kier alpha value is -1.89. The quantitative estimate of drug-likeness (QED) is 0.797. The van der Waals surface area contributed by atoms with Gasteiger partial charge in [0.05, 0.1) is 19.0 Å². The molecule has 0 fully saturated rings. The van der Waals surface area contributed by atoms with Crippen LogP contribution < -0.4 is 10.1 Å². The van der Waals surface area contributed by atoms with E-state index in [9.17, 15) is 0 Å². The molecule has 0 spiro atoms. The van der Waals surface area contributed by atoms with Gasteiger partial charge in [-0.25, -0.2) is 0 Å². The fourth-order valence-electron chi connectivity index (χ4n) is 2.81. The van der Waals surface area contributed by atoms with E-state index in [-0.39, 0.29) is 13.2 Å². The van der Waals surface area contributed by atoms with Crippen molar-refractivity contribution in [2.24, 2.45) is 0 Å². The predicted molar refractivity (Wildman–Crippen MR) is 93.5 cm³/mol. The standard InChI is InChI=1S/C17H21ClN4O2/c18-15-3-1-2-13-12-22(6-4-14(13)15)7-5-20-16-10-19-11-17(21-16)24-9-8-23/h1-3,10-11,23H,4-9,12H2,(H,20,21). The van der Waals surface area contributed by atoms with Gasteiger partial charge in [-0.2, -0.15) is 4.98 Å². The largest absolute Gasteiger partial charge is 0.474 e. The van der Waals surface area contributed by atoms with Gasteiger partial charge in [-0.1, -0.05) is 23.7 Å². The highest BCUT2D eigenvalue weighted by molar-refractivity contribution is 6.31. The summed E-state index contributed by atoms with van der Waals surface area (Å²) in [6.07, 6.45) is 4.18. The summed E-state index contributed by atoms with van der Waals surface area (Å²) < 4.78 is 5.26. The van der Waals surface area contributed by atoms with E-state index in [2.05, 4.69) is 26.3 Å².